The Bertz CT molecular complexity index is 348. The van der Waals surface area contributed by atoms with Crippen LogP contribution >= 0.6 is 0 Å². The van der Waals surface area contributed by atoms with Crippen LogP contribution in [0, 0.1) is 6.92 Å². The van der Waals surface area contributed by atoms with Gasteiger partial charge in [-0.15, -0.1) is 0 Å². The summed E-state index contributed by atoms with van der Waals surface area (Å²) in [6, 6.07) is 8.78. The van der Waals surface area contributed by atoms with Crippen LogP contribution in [-0.2, 0) is 9.47 Å². The van der Waals surface area contributed by atoms with Crippen LogP contribution in [0.15, 0.2) is 24.3 Å². The predicted molar refractivity (Wildman–Crippen MR) is 79.5 cm³/mol. The van der Waals surface area contributed by atoms with Gasteiger partial charge in [0.05, 0.1) is 31.5 Å². The van der Waals surface area contributed by atoms with Gasteiger partial charge in [0.25, 0.3) is 0 Å². The fraction of sp³-hybridized carbons (Fsp3) is 0.625. The number of hydrogen-bond acceptors (Lipinski definition) is 3. The highest BCUT2D eigenvalue weighted by Crippen LogP contribution is 2.19. The molecule has 1 aromatic rings. The molecule has 0 aliphatic carbocycles. The van der Waals surface area contributed by atoms with Crippen molar-refractivity contribution in [3.8, 4) is 0 Å². The van der Waals surface area contributed by atoms with Crippen LogP contribution in [0.3, 0.4) is 0 Å². The van der Waals surface area contributed by atoms with Gasteiger partial charge in [0.1, 0.15) is 0 Å². The maximum Gasteiger partial charge on any atom is 0.0742 e. The predicted octanol–water partition coefficient (Wildman–Crippen LogP) is 3.09. The van der Waals surface area contributed by atoms with Crippen molar-refractivity contribution in [1.29, 1.82) is 0 Å². The molecular weight excluding hydrogens is 238 g/mol. The standard InChI is InChI=1S/C16H27NO2/c1-12(2)18-10-11-19-14(4)16(17-5)15-8-6-13(3)7-9-15/h6-9,12,14,16-17H,10-11H2,1-5H3. The average molecular weight is 265 g/mol. The first-order chi connectivity index (χ1) is 9.04. The Balaban J connectivity index is 2.47. The maximum absolute atomic E-state index is 5.84. The number of likely N-dealkylation sites (N-methyl/N-ethyl adjacent to an activating group) is 1. The maximum atomic E-state index is 5.84. The normalized spacial score (nSPS) is 14.6. The first-order valence-corrected chi connectivity index (χ1v) is 7.01. The fourth-order valence-electron chi connectivity index (χ4n) is 2.06. The number of benzene rings is 1. The number of ether oxygens (including phenoxy) is 2. The molecule has 0 spiro atoms. The molecule has 0 bridgehead atoms. The van der Waals surface area contributed by atoms with E-state index in [-0.39, 0.29) is 18.2 Å². The second kappa shape index (κ2) is 8.31. The summed E-state index contributed by atoms with van der Waals surface area (Å²) < 4.78 is 11.3. The fourth-order valence-corrected chi connectivity index (χ4v) is 2.06. The molecule has 0 aliphatic rings. The van der Waals surface area contributed by atoms with Crippen molar-refractivity contribution in [2.45, 2.75) is 45.9 Å². The van der Waals surface area contributed by atoms with E-state index in [2.05, 4.69) is 43.4 Å². The molecule has 0 saturated carbocycles. The van der Waals surface area contributed by atoms with Gasteiger partial charge >= 0.3 is 0 Å². The van der Waals surface area contributed by atoms with Crippen LogP contribution < -0.4 is 5.32 Å². The molecule has 0 aromatic heterocycles. The Morgan fingerprint density at radius 1 is 1.00 bits per heavy atom. The molecule has 108 valence electrons. The first-order valence-electron chi connectivity index (χ1n) is 7.01. The smallest absolute Gasteiger partial charge is 0.0742 e. The van der Waals surface area contributed by atoms with Crippen molar-refractivity contribution in [2.24, 2.45) is 0 Å². The molecule has 3 nitrogen and oxygen atoms in total. The summed E-state index contributed by atoms with van der Waals surface area (Å²) in [5, 5.41) is 3.32. The number of nitrogens with one attached hydrogen (secondary N) is 1. The second-order valence-corrected chi connectivity index (χ2v) is 5.17. The minimum atomic E-state index is 0.114. The van der Waals surface area contributed by atoms with Crippen molar-refractivity contribution >= 4 is 0 Å². The van der Waals surface area contributed by atoms with Crippen LogP contribution in [0.2, 0.25) is 0 Å². The highest BCUT2D eigenvalue weighted by Gasteiger charge is 2.17. The largest absolute Gasteiger partial charge is 0.376 e. The van der Waals surface area contributed by atoms with E-state index in [9.17, 15) is 0 Å². The first kappa shape index (κ1) is 16.2. The lowest BCUT2D eigenvalue weighted by molar-refractivity contribution is -0.0179. The zero-order valence-corrected chi connectivity index (χ0v) is 12.8. The lowest BCUT2D eigenvalue weighted by Crippen LogP contribution is -2.30. The van der Waals surface area contributed by atoms with Crippen LogP contribution in [0.25, 0.3) is 0 Å². The Morgan fingerprint density at radius 2 is 1.58 bits per heavy atom. The van der Waals surface area contributed by atoms with Crippen LogP contribution in [0.4, 0.5) is 0 Å². The van der Waals surface area contributed by atoms with Gasteiger partial charge in [0, 0.05) is 0 Å². The molecule has 0 radical (unpaired) electrons. The Morgan fingerprint density at radius 3 is 2.11 bits per heavy atom. The third-order valence-corrected chi connectivity index (χ3v) is 3.13. The molecule has 0 amide bonds. The third-order valence-electron chi connectivity index (χ3n) is 3.13. The Hall–Kier alpha value is -0.900. The molecule has 3 heteroatoms. The van der Waals surface area contributed by atoms with Gasteiger partial charge < -0.3 is 14.8 Å². The topological polar surface area (TPSA) is 30.5 Å². The zero-order chi connectivity index (χ0) is 14.3. The minimum Gasteiger partial charge on any atom is -0.376 e. The van der Waals surface area contributed by atoms with Crippen molar-refractivity contribution in [1.82, 2.24) is 5.32 Å². The van der Waals surface area contributed by atoms with Gasteiger partial charge in [-0.25, -0.2) is 0 Å². The van der Waals surface area contributed by atoms with Gasteiger partial charge in [-0.2, -0.15) is 0 Å². The zero-order valence-electron chi connectivity index (χ0n) is 12.8. The summed E-state index contributed by atoms with van der Waals surface area (Å²) in [6.45, 7) is 9.53. The summed E-state index contributed by atoms with van der Waals surface area (Å²) in [4.78, 5) is 0. The van der Waals surface area contributed by atoms with Crippen LogP contribution in [-0.4, -0.2) is 32.5 Å². The van der Waals surface area contributed by atoms with E-state index in [0.29, 0.717) is 13.2 Å². The molecule has 0 aliphatic heterocycles. The van der Waals surface area contributed by atoms with E-state index in [1.54, 1.807) is 0 Å². The van der Waals surface area contributed by atoms with Gasteiger partial charge in [-0.05, 0) is 40.3 Å². The van der Waals surface area contributed by atoms with Gasteiger partial charge in [-0.3, -0.25) is 0 Å². The third kappa shape index (κ3) is 5.72. The highest BCUT2D eigenvalue weighted by atomic mass is 16.5. The van der Waals surface area contributed by atoms with Gasteiger partial charge in [0.15, 0.2) is 0 Å². The molecule has 1 N–H and O–H groups in total. The molecule has 2 unspecified atom stereocenters. The van der Waals surface area contributed by atoms with Crippen LogP contribution in [0.5, 0.6) is 0 Å². The lowest BCUT2D eigenvalue weighted by Gasteiger charge is -2.24. The SMILES string of the molecule is CNC(c1ccc(C)cc1)C(C)OCCOC(C)C. The molecule has 2 atom stereocenters. The number of aryl methyl sites for hydroxylation is 1. The Labute approximate surface area is 117 Å². The molecule has 0 saturated heterocycles. The summed E-state index contributed by atoms with van der Waals surface area (Å²) in [7, 11) is 1.97. The average Bonchev–Trinajstić information content (AvgIpc) is 2.37. The molecule has 0 fully saturated rings. The van der Waals surface area contributed by atoms with Crippen LogP contribution in [0.1, 0.15) is 37.9 Å². The van der Waals surface area contributed by atoms with Crippen molar-refractivity contribution < 1.29 is 9.47 Å². The van der Waals surface area contributed by atoms with E-state index >= 15 is 0 Å². The van der Waals surface area contributed by atoms with E-state index in [4.69, 9.17) is 9.47 Å². The lowest BCUT2D eigenvalue weighted by atomic mass is 10.0. The molecule has 19 heavy (non-hydrogen) atoms. The van der Waals surface area contributed by atoms with Crippen molar-refractivity contribution in [3.63, 3.8) is 0 Å². The monoisotopic (exact) mass is 265 g/mol. The van der Waals surface area contributed by atoms with E-state index in [1.807, 2.05) is 20.9 Å². The van der Waals surface area contributed by atoms with Crippen molar-refractivity contribution in [2.75, 3.05) is 20.3 Å². The minimum absolute atomic E-state index is 0.114. The number of rotatable bonds is 8. The second-order valence-electron chi connectivity index (χ2n) is 5.17. The summed E-state index contributed by atoms with van der Waals surface area (Å²) in [5.41, 5.74) is 2.53. The number of hydrogen-bond donors (Lipinski definition) is 1. The van der Waals surface area contributed by atoms with Gasteiger partial charge in [-0.1, -0.05) is 29.8 Å². The van der Waals surface area contributed by atoms with Gasteiger partial charge in [0.2, 0.25) is 0 Å². The highest BCUT2D eigenvalue weighted by molar-refractivity contribution is 5.24. The quantitative estimate of drug-likeness (QED) is 0.733. The summed E-state index contributed by atoms with van der Waals surface area (Å²) in [5.74, 6) is 0. The van der Waals surface area contributed by atoms with E-state index in [0.717, 1.165) is 0 Å². The van der Waals surface area contributed by atoms with E-state index < -0.39 is 0 Å². The molecule has 1 rings (SSSR count). The van der Waals surface area contributed by atoms with Crippen molar-refractivity contribution in [3.05, 3.63) is 35.4 Å². The molecular formula is C16H27NO2. The summed E-state index contributed by atoms with van der Waals surface area (Å²) in [6.07, 6.45) is 0.375. The van der Waals surface area contributed by atoms with E-state index in [1.165, 1.54) is 11.1 Å². The molecule has 1 aromatic carbocycles. The summed E-state index contributed by atoms with van der Waals surface area (Å²) >= 11 is 0. The Kier molecular flexibility index (Phi) is 7.06. The molecule has 0 heterocycles.